The van der Waals surface area contributed by atoms with Crippen molar-refractivity contribution in [3.63, 3.8) is 0 Å². The van der Waals surface area contributed by atoms with E-state index in [0.29, 0.717) is 6.61 Å². The quantitative estimate of drug-likeness (QED) is 0.485. The third-order valence-electron chi connectivity index (χ3n) is 4.50. The van der Waals surface area contributed by atoms with Crippen molar-refractivity contribution in [1.29, 1.82) is 0 Å². The largest absolute Gasteiger partial charge is 0.492 e. The van der Waals surface area contributed by atoms with Crippen LogP contribution >= 0.6 is 0 Å². The summed E-state index contributed by atoms with van der Waals surface area (Å²) in [6, 6.07) is 24.9. The lowest BCUT2D eigenvalue weighted by molar-refractivity contribution is 0.300. The number of rotatable bonds is 5. The molecule has 0 aliphatic heterocycles. The number of benzene rings is 3. The van der Waals surface area contributed by atoms with Gasteiger partial charge in [0.05, 0.1) is 17.6 Å². The molecule has 3 nitrogen and oxygen atoms in total. The van der Waals surface area contributed by atoms with E-state index in [-0.39, 0.29) is 0 Å². The molecular weight excluding hydrogens is 320 g/mol. The van der Waals surface area contributed by atoms with Crippen LogP contribution < -0.4 is 4.74 Å². The van der Waals surface area contributed by atoms with Gasteiger partial charge in [0, 0.05) is 5.56 Å². The van der Waals surface area contributed by atoms with Gasteiger partial charge in [-0.25, -0.2) is 4.98 Å². The Kier molecular flexibility index (Phi) is 4.44. The maximum atomic E-state index is 5.98. The molecule has 0 bridgehead atoms. The number of imidazole rings is 1. The molecule has 4 rings (SSSR count). The van der Waals surface area contributed by atoms with Crippen LogP contribution in [0.2, 0.25) is 0 Å². The molecule has 0 spiro atoms. The molecule has 130 valence electrons. The van der Waals surface area contributed by atoms with E-state index in [1.165, 1.54) is 11.1 Å². The van der Waals surface area contributed by atoms with Crippen molar-refractivity contribution in [1.82, 2.24) is 9.55 Å². The molecule has 0 atom stereocenters. The molecule has 0 saturated heterocycles. The van der Waals surface area contributed by atoms with E-state index in [0.717, 1.165) is 34.7 Å². The van der Waals surface area contributed by atoms with Gasteiger partial charge in [0.2, 0.25) is 0 Å². The number of nitrogens with zero attached hydrogens (tertiary/aromatic N) is 2. The van der Waals surface area contributed by atoms with Crippen molar-refractivity contribution in [2.24, 2.45) is 0 Å². The summed E-state index contributed by atoms with van der Waals surface area (Å²) in [6.07, 6.45) is 0. The molecule has 0 N–H and O–H groups in total. The molecule has 3 heteroatoms. The highest BCUT2D eigenvalue weighted by atomic mass is 16.5. The number of fused-ring (bicyclic) bond motifs is 1. The Morgan fingerprint density at radius 2 is 1.62 bits per heavy atom. The van der Waals surface area contributed by atoms with Crippen LogP contribution in [0.4, 0.5) is 0 Å². The minimum Gasteiger partial charge on any atom is -0.492 e. The highest BCUT2D eigenvalue weighted by Gasteiger charge is 2.12. The number of hydrogen-bond acceptors (Lipinski definition) is 2. The summed E-state index contributed by atoms with van der Waals surface area (Å²) >= 11 is 0. The van der Waals surface area contributed by atoms with E-state index >= 15 is 0 Å². The van der Waals surface area contributed by atoms with Crippen LogP contribution in [0.1, 0.15) is 11.1 Å². The summed E-state index contributed by atoms with van der Waals surface area (Å²) in [5, 5.41) is 0. The van der Waals surface area contributed by atoms with Crippen LogP contribution in [0.15, 0.2) is 72.8 Å². The second-order valence-corrected chi connectivity index (χ2v) is 6.61. The van der Waals surface area contributed by atoms with Crippen molar-refractivity contribution < 1.29 is 4.74 Å². The minimum atomic E-state index is 0.600. The van der Waals surface area contributed by atoms with Crippen LogP contribution in [0.25, 0.3) is 22.4 Å². The average Bonchev–Trinajstić information content (AvgIpc) is 3.01. The monoisotopic (exact) mass is 342 g/mol. The lowest BCUT2D eigenvalue weighted by Gasteiger charge is -2.11. The van der Waals surface area contributed by atoms with Gasteiger partial charge in [-0.3, -0.25) is 0 Å². The van der Waals surface area contributed by atoms with E-state index in [1.807, 2.05) is 18.2 Å². The molecule has 0 fully saturated rings. The van der Waals surface area contributed by atoms with Crippen LogP contribution in [-0.2, 0) is 6.54 Å². The second-order valence-electron chi connectivity index (χ2n) is 6.61. The first-order valence-electron chi connectivity index (χ1n) is 8.92. The van der Waals surface area contributed by atoms with Gasteiger partial charge in [-0.05, 0) is 49.7 Å². The predicted octanol–water partition coefficient (Wildman–Crippen LogP) is 5.40. The Morgan fingerprint density at radius 3 is 2.42 bits per heavy atom. The van der Waals surface area contributed by atoms with E-state index in [9.17, 15) is 0 Å². The SMILES string of the molecule is Cc1cccc(OCCn2c(-c3cccc(C)c3)nc3ccccc32)c1. The van der Waals surface area contributed by atoms with Gasteiger partial charge in [-0.15, -0.1) is 0 Å². The van der Waals surface area contributed by atoms with Gasteiger partial charge in [0.25, 0.3) is 0 Å². The first-order chi connectivity index (χ1) is 12.7. The van der Waals surface area contributed by atoms with Crippen molar-refractivity contribution in [3.8, 4) is 17.1 Å². The molecule has 1 heterocycles. The van der Waals surface area contributed by atoms with Crippen LogP contribution in [0.5, 0.6) is 5.75 Å². The topological polar surface area (TPSA) is 27.1 Å². The summed E-state index contributed by atoms with van der Waals surface area (Å²) < 4.78 is 8.22. The zero-order chi connectivity index (χ0) is 17.9. The fraction of sp³-hybridized carbons (Fsp3) is 0.174. The van der Waals surface area contributed by atoms with Crippen molar-refractivity contribution in [2.75, 3.05) is 6.61 Å². The minimum absolute atomic E-state index is 0.600. The van der Waals surface area contributed by atoms with Crippen molar-refractivity contribution in [2.45, 2.75) is 20.4 Å². The molecule has 0 saturated carbocycles. The van der Waals surface area contributed by atoms with Gasteiger partial charge >= 0.3 is 0 Å². The molecule has 26 heavy (non-hydrogen) atoms. The molecule has 0 aliphatic rings. The smallest absolute Gasteiger partial charge is 0.141 e. The van der Waals surface area contributed by atoms with Gasteiger partial charge in [0.1, 0.15) is 18.2 Å². The zero-order valence-electron chi connectivity index (χ0n) is 15.1. The van der Waals surface area contributed by atoms with Gasteiger partial charge in [0.15, 0.2) is 0 Å². The number of hydrogen-bond donors (Lipinski definition) is 0. The van der Waals surface area contributed by atoms with Crippen LogP contribution in [0, 0.1) is 13.8 Å². The van der Waals surface area contributed by atoms with Gasteiger partial charge < -0.3 is 9.30 Å². The lowest BCUT2D eigenvalue weighted by atomic mass is 10.1. The summed E-state index contributed by atoms with van der Waals surface area (Å²) in [4.78, 5) is 4.87. The van der Waals surface area contributed by atoms with Gasteiger partial charge in [-0.2, -0.15) is 0 Å². The first kappa shape index (κ1) is 16.4. The Labute approximate surface area is 153 Å². The summed E-state index contributed by atoms with van der Waals surface area (Å²) in [5.41, 5.74) is 5.72. The zero-order valence-corrected chi connectivity index (χ0v) is 15.1. The van der Waals surface area contributed by atoms with Crippen molar-refractivity contribution >= 4 is 11.0 Å². The molecular formula is C23H22N2O. The van der Waals surface area contributed by atoms with Crippen LogP contribution in [0.3, 0.4) is 0 Å². The molecule has 0 aliphatic carbocycles. The highest BCUT2D eigenvalue weighted by Crippen LogP contribution is 2.25. The van der Waals surface area contributed by atoms with E-state index in [4.69, 9.17) is 9.72 Å². The van der Waals surface area contributed by atoms with Crippen molar-refractivity contribution in [3.05, 3.63) is 83.9 Å². The summed E-state index contributed by atoms with van der Waals surface area (Å²) in [5.74, 6) is 1.90. The number of para-hydroxylation sites is 2. The predicted molar refractivity (Wildman–Crippen MR) is 107 cm³/mol. The van der Waals surface area contributed by atoms with E-state index in [2.05, 4.69) is 73.0 Å². The van der Waals surface area contributed by atoms with E-state index < -0.39 is 0 Å². The third-order valence-corrected chi connectivity index (χ3v) is 4.50. The molecule has 0 radical (unpaired) electrons. The number of aromatic nitrogens is 2. The molecule has 3 aromatic carbocycles. The molecule has 1 aromatic heterocycles. The second kappa shape index (κ2) is 7.04. The molecule has 4 aromatic rings. The maximum Gasteiger partial charge on any atom is 0.141 e. The number of aryl methyl sites for hydroxylation is 2. The Balaban J connectivity index is 1.65. The maximum absolute atomic E-state index is 5.98. The normalized spacial score (nSPS) is 11.0. The fourth-order valence-corrected chi connectivity index (χ4v) is 3.27. The fourth-order valence-electron chi connectivity index (χ4n) is 3.27. The highest BCUT2D eigenvalue weighted by molar-refractivity contribution is 5.80. The Morgan fingerprint density at radius 1 is 0.846 bits per heavy atom. The third kappa shape index (κ3) is 3.33. The first-order valence-corrected chi connectivity index (χ1v) is 8.92. The lowest BCUT2D eigenvalue weighted by Crippen LogP contribution is -2.09. The Hall–Kier alpha value is -3.07. The molecule has 0 unspecified atom stereocenters. The standard InChI is InChI=1S/C23H22N2O/c1-17-7-5-9-19(15-17)23-24-21-11-3-4-12-22(21)25(23)13-14-26-20-10-6-8-18(2)16-20/h3-12,15-16H,13-14H2,1-2H3. The van der Waals surface area contributed by atoms with Gasteiger partial charge in [-0.1, -0.05) is 48.0 Å². The summed E-state index contributed by atoms with van der Waals surface area (Å²) in [7, 11) is 0. The van der Waals surface area contributed by atoms with Crippen LogP contribution in [-0.4, -0.2) is 16.2 Å². The number of ether oxygens (including phenoxy) is 1. The molecule has 0 amide bonds. The van der Waals surface area contributed by atoms with E-state index in [1.54, 1.807) is 0 Å². The average molecular weight is 342 g/mol. The Bertz CT molecular complexity index is 1050. The summed E-state index contributed by atoms with van der Waals surface area (Å²) in [6.45, 7) is 5.53.